The van der Waals surface area contributed by atoms with Gasteiger partial charge in [0.2, 0.25) is 6.79 Å². The summed E-state index contributed by atoms with van der Waals surface area (Å²) >= 11 is 0. The number of benzene rings is 2. The van der Waals surface area contributed by atoms with Gasteiger partial charge in [0, 0.05) is 12.6 Å². The van der Waals surface area contributed by atoms with Crippen LogP contribution in [0.3, 0.4) is 0 Å². The van der Waals surface area contributed by atoms with Crippen molar-refractivity contribution in [2.75, 3.05) is 13.3 Å². The summed E-state index contributed by atoms with van der Waals surface area (Å²) in [5, 5.41) is 13.8. The molecule has 2 heterocycles. The van der Waals surface area contributed by atoms with Crippen LogP contribution in [-0.2, 0) is 20.9 Å². The summed E-state index contributed by atoms with van der Waals surface area (Å²) in [6.07, 6.45) is -1.21. The van der Waals surface area contributed by atoms with Gasteiger partial charge in [0.1, 0.15) is 12.1 Å². The van der Waals surface area contributed by atoms with Crippen molar-refractivity contribution in [1.29, 1.82) is 0 Å². The molecule has 0 bridgehead atoms. The highest BCUT2D eigenvalue weighted by molar-refractivity contribution is 6.24. The highest BCUT2D eigenvalue weighted by atomic mass is 16.7. The summed E-state index contributed by atoms with van der Waals surface area (Å²) in [6.45, 7) is 0.807. The van der Waals surface area contributed by atoms with Crippen molar-refractivity contribution >= 4 is 29.4 Å². The third-order valence-corrected chi connectivity index (χ3v) is 5.04. The van der Waals surface area contributed by atoms with Crippen LogP contribution in [0.15, 0.2) is 36.4 Å². The summed E-state index contributed by atoms with van der Waals surface area (Å²) < 4.78 is 15.5. The first-order valence-corrected chi connectivity index (χ1v) is 9.75. The van der Waals surface area contributed by atoms with Crippen LogP contribution in [0.5, 0.6) is 11.5 Å². The zero-order chi connectivity index (χ0) is 23.7. The van der Waals surface area contributed by atoms with Crippen LogP contribution in [0, 0.1) is 10.1 Å². The van der Waals surface area contributed by atoms with Gasteiger partial charge in [0.05, 0.1) is 10.5 Å². The van der Waals surface area contributed by atoms with E-state index in [0.29, 0.717) is 16.4 Å². The number of esters is 1. The van der Waals surface area contributed by atoms with E-state index in [1.165, 1.54) is 19.1 Å². The largest absolute Gasteiger partial charge is 0.454 e. The second kappa shape index (κ2) is 8.57. The number of carbonyl (C=O) groups is 4. The molecular weight excluding hydrogens is 438 g/mol. The van der Waals surface area contributed by atoms with Gasteiger partial charge in [-0.1, -0.05) is 12.1 Å². The number of carbonyl (C=O) groups excluding carboxylic acids is 4. The number of nitro groups is 1. The molecule has 0 unspecified atom stereocenters. The fourth-order valence-electron chi connectivity index (χ4n) is 3.41. The van der Waals surface area contributed by atoms with Gasteiger partial charge < -0.3 is 19.5 Å². The number of rotatable bonds is 7. The zero-order valence-electron chi connectivity index (χ0n) is 17.2. The summed E-state index contributed by atoms with van der Waals surface area (Å²) in [5.74, 6) is -2.28. The molecule has 0 spiro atoms. The molecular formula is C21H17N3O9. The molecule has 33 heavy (non-hydrogen) atoms. The second-order valence-electron chi connectivity index (χ2n) is 7.19. The van der Waals surface area contributed by atoms with Gasteiger partial charge in [-0.2, -0.15) is 0 Å². The SMILES string of the molecule is C[C@H](OC(=O)CN1C(=O)c2cccc([N+](=O)[O-])c2C1=O)C(=O)NCc1ccc2c(c1)OCO2. The number of imide groups is 1. The van der Waals surface area contributed by atoms with Crippen LogP contribution in [0.25, 0.3) is 0 Å². The molecule has 1 atom stereocenters. The smallest absolute Gasteiger partial charge is 0.326 e. The lowest BCUT2D eigenvalue weighted by Crippen LogP contribution is -2.40. The highest BCUT2D eigenvalue weighted by Gasteiger charge is 2.42. The minimum atomic E-state index is -1.21. The number of ether oxygens (including phenoxy) is 3. The normalized spacial score (nSPS) is 14.6. The number of amides is 3. The van der Waals surface area contributed by atoms with E-state index in [2.05, 4.69) is 5.32 Å². The third kappa shape index (κ3) is 4.18. The third-order valence-electron chi connectivity index (χ3n) is 5.04. The molecule has 2 aliphatic heterocycles. The zero-order valence-corrected chi connectivity index (χ0v) is 17.2. The lowest BCUT2D eigenvalue weighted by molar-refractivity contribution is -0.385. The van der Waals surface area contributed by atoms with E-state index in [-0.39, 0.29) is 24.5 Å². The first-order chi connectivity index (χ1) is 15.8. The van der Waals surface area contributed by atoms with Crippen molar-refractivity contribution in [2.45, 2.75) is 19.6 Å². The van der Waals surface area contributed by atoms with Gasteiger partial charge in [-0.05, 0) is 30.7 Å². The molecule has 170 valence electrons. The molecule has 2 aromatic rings. The minimum Gasteiger partial charge on any atom is -0.454 e. The fourth-order valence-corrected chi connectivity index (χ4v) is 3.41. The quantitative estimate of drug-likeness (QED) is 0.280. The van der Waals surface area contributed by atoms with E-state index in [0.717, 1.165) is 11.6 Å². The Balaban J connectivity index is 1.33. The molecule has 0 aromatic heterocycles. The maximum Gasteiger partial charge on any atom is 0.326 e. The summed E-state index contributed by atoms with van der Waals surface area (Å²) in [4.78, 5) is 60.5. The van der Waals surface area contributed by atoms with Crippen molar-refractivity contribution in [1.82, 2.24) is 10.2 Å². The molecule has 3 amide bonds. The molecule has 0 saturated heterocycles. The van der Waals surface area contributed by atoms with Crippen LogP contribution in [-0.4, -0.2) is 53.0 Å². The Kier molecular flexibility index (Phi) is 5.65. The van der Waals surface area contributed by atoms with Crippen molar-refractivity contribution in [2.24, 2.45) is 0 Å². The summed E-state index contributed by atoms with van der Waals surface area (Å²) in [7, 11) is 0. The number of fused-ring (bicyclic) bond motifs is 2. The van der Waals surface area contributed by atoms with E-state index in [9.17, 15) is 29.3 Å². The van der Waals surface area contributed by atoms with Crippen molar-refractivity contribution < 1.29 is 38.3 Å². The Hall–Kier alpha value is -4.48. The molecule has 12 nitrogen and oxygen atoms in total. The molecule has 12 heteroatoms. The second-order valence-corrected chi connectivity index (χ2v) is 7.19. The molecule has 0 aliphatic carbocycles. The average molecular weight is 455 g/mol. The predicted octanol–water partition coefficient (Wildman–Crippen LogP) is 1.17. The lowest BCUT2D eigenvalue weighted by atomic mass is 10.1. The number of nitro benzene ring substituents is 1. The standard InChI is InChI=1S/C21H17N3O9/c1-11(19(26)22-8-12-5-6-15-16(7-12)32-10-31-15)33-17(25)9-23-20(27)13-3-2-4-14(24(29)30)18(13)21(23)28/h2-7,11H,8-10H2,1H3,(H,22,26)/t11-/m0/s1. The minimum absolute atomic E-state index is 0.124. The Bertz CT molecular complexity index is 1190. The topological polar surface area (TPSA) is 154 Å². The van der Waals surface area contributed by atoms with Crippen LogP contribution >= 0.6 is 0 Å². The number of nitrogens with one attached hydrogen (secondary N) is 1. The molecule has 2 aliphatic rings. The first-order valence-electron chi connectivity index (χ1n) is 9.75. The maximum atomic E-state index is 12.5. The van der Waals surface area contributed by atoms with Crippen molar-refractivity contribution in [3.8, 4) is 11.5 Å². The molecule has 0 radical (unpaired) electrons. The number of hydrogen-bond donors (Lipinski definition) is 1. The van der Waals surface area contributed by atoms with Crippen molar-refractivity contribution in [3.63, 3.8) is 0 Å². The Morgan fingerprint density at radius 1 is 1.18 bits per heavy atom. The first kappa shape index (κ1) is 21.7. The molecule has 0 saturated carbocycles. The van der Waals surface area contributed by atoms with E-state index in [4.69, 9.17) is 14.2 Å². The van der Waals surface area contributed by atoms with E-state index in [1.807, 2.05) is 0 Å². The van der Waals surface area contributed by atoms with Crippen molar-refractivity contribution in [3.05, 3.63) is 63.2 Å². The summed E-state index contributed by atoms with van der Waals surface area (Å²) in [5.41, 5.74) is -0.344. The average Bonchev–Trinajstić information content (AvgIpc) is 3.35. The summed E-state index contributed by atoms with van der Waals surface area (Å²) in [6, 6.07) is 8.79. The van der Waals surface area contributed by atoms with Crippen LogP contribution < -0.4 is 14.8 Å². The van der Waals surface area contributed by atoms with Crippen LogP contribution in [0.2, 0.25) is 0 Å². The molecule has 0 fully saturated rings. The molecule has 1 N–H and O–H groups in total. The van der Waals surface area contributed by atoms with Crippen LogP contribution in [0.1, 0.15) is 33.2 Å². The van der Waals surface area contributed by atoms with E-state index < -0.39 is 47.0 Å². The fraction of sp³-hybridized carbons (Fsp3) is 0.238. The van der Waals surface area contributed by atoms with Crippen LogP contribution in [0.4, 0.5) is 5.69 Å². The Labute approximate surface area is 186 Å². The van der Waals surface area contributed by atoms with Gasteiger partial charge in [0.15, 0.2) is 17.6 Å². The van der Waals surface area contributed by atoms with Gasteiger partial charge in [-0.3, -0.25) is 34.2 Å². The highest BCUT2D eigenvalue weighted by Crippen LogP contribution is 2.32. The Morgan fingerprint density at radius 3 is 2.70 bits per heavy atom. The molecule has 4 rings (SSSR count). The van der Waals surface area contributed by atoms with Gasteiger partial charge in [-0.15, -0.1) is 0 Å². The number of hydrogen-bond acceptors (Lipinski definition) is 9. The number of nitrogens with zero attached hydrogens (tertiary/aromatic N) is 2. The van der Waals surface area contributed by atoms with E-state index >= 15 is 0 Å². The van der Waals surface area contributed by atoms with Gasteiger partial charge in [-0.25, -0.2) is 0 Å². The van der Waals surface area contributed by atoms with Gasteiger partial charge >= 0.3 is 5.97 Å². The lowest BCUT2D eigenvalue weighted by Gasteiger charge is -2.16. The Morgan fingerprint density at radius 2 is 1.94 bits per heavy atom. The van der Waals surface area contributed by atoms with Gasteiger partial charge in [0.25, 0.3) is 23.4 Å². The maximum absolute atomic E-state index is 12.5. The van der Waals surface area contributed by atoms with E-state index in [1.54, 1.807) is 18.2 Å². The predicted molar refractivity (Wildman–Crippen MR) is 108 cm³/mol. The molecule has 2 aromatic carbocycles. The monoisotopic (exact) mass is 455 g/mol.